The molecule has 1 aromatic rings. The second kappa shape index (κ2) is 5.21. The van der Waals surface area contributed by atoms with Gasteiger partial charge in [-0.15, -0.1) is 0 Å². The van der Waals surface area contributed by atoms with Gasteiger partial charge >= 0.3 is 0 Å². The number of fused-ring (bicyclic) bond motifs is 1. The largest absolute Gasteiger partial charge is 0.497 e. The number of benzene rings is 1. The van der Waals surface area contributed by atoms with Crippen LogP contribution in [0, 0.1) is 0 Å². The highest BCUT2D eigenvalue weighted by molar-refractivity contribution is 5.57. The van der Waals surface area contributed by atoms with Crippen LogP contribution in [0.5, 0.6) is 5.75 Å². The van der Waals surface area contributed by atoms with Crippen LogP contribution >= 0.6 is 0 Å². The first-order chi connectivity index (χ1) is 7.85. The van der Waals surface area contributed by atoms with Gasteiger partial charge in [-0.25, -0.2) is 0 Å². The van der Waals surface area contributed by atoms with Crippen molar-refractivity contribution in [2.45, 2.75) is 19.3 Å². The van der Waals surface area contributed by atoms with E-state index in [1.165, 1.54) is 17.7 Å². The Kier molecular flexibility index (Phi) is 3.67. The third-order valence-corrected chi connectivity index (χ3v) is 3.15. The smallest absolute Gasteiger partial charge is 0.119 e. The van der Waals surface area contributed by atoms with E-state index in [9.17, 15) is 0 Å². The van der Waals surface area contributed by atoms with E-state index in [2.05, 4.69) is 29.7 Å². The Morgan fingerprint density at radius 3 is 3.12 bits per heavy atom. The van der Waals surface area contributed by atoms with Crippen molar-refractivity contribution in [2.24, 2.45) is 0 Å². The van der Waals surface area contributed by atoms with E-state index in [4.69, 9.17) is 4.74 Å². The van der Waals surface area contributed by atoms with Crippen LogP contribution in [-0.2, 0) is 0 Å². The van der Waals surface area contributed by atoms with Crippen LogP contribution in [0.1, 0.15) is 24.8 Å². The number of hydrogen-bond donors (Lipinski definition) is 2. The first-order valence-electron chi connectivity index (χ1n) is 5.97. The number of nitrogens with one attached hydrogen (secondary N) is 2. The van der Waals surface area contributed by atoms with Gasteiger partial charge in [0.1, 0.15) is 5.75 Å². The van der Waals surface area contributed by atoms with Crippen molar-refractivity contribution in [1.29, 1.82) is 0 Å². The Morgan fingerprint density at radius 2 is 2.38 bits per heavy atom. The molecule has 3 nitrogen and oxygen atoms in total. The van der Waals surface area contributed by atoms with Gasteiger partial charge in [0, 0.05) is 24.7 Å². The Bertz CT molecular complexity index is 352. The first-order valence-corrected chi connectivity index (χ1v) is 5.97. The van der Waals surface area contributed by atoms with Crippen LogP contribution in [0.3, 0.4) is 0 Å². The van der Waals surface area contributed by atoms with E-state index in [1.54, 1.807) is 7.11 Å². The fourth-order valence-corrected chi connectivity index (χ4v) is 2.23. The summed E-state index contributed by atoms with van der Waals surface area (Å²) in [7, 11) is 1.72. The minimum absolute atomic E-state index is 0.603. The maximum absolute atomic E-state index is 5.28. The quantitative estimate of drug-likeness (QED) is 0.816. The normalized spacial score (nSPS) is 18.8. The molecule has 3 heteroatoms. The maximum Gasteiger partial charge on any atom is 0.119 e. The van der Waals surface area contributed by atoms with E-state index in [0.717, 1.165) is 25.4 Å². The summed E-state index contributed by atoms with van der Waals surface area (Å²) < 4.78 is 5.28. The van der Waals surface area contributed by atoms with Crippen molar-refractivity contribution in [3.8, 4) is 5.75 Å². The average molecular weight is 220 g/mol. The number of rotatable bonds is 4. The molecule has 0 bridgehead atoms. The minimum Gasteiger partial charge on any atom is -0.497 e. The number of likely N-dealkylation sites (N-methyl/N-ethyl adjacent to an activating group) is 1. The molecule has 1 unspecified atom stereocenters. The molecule has 0 spiro atoms. The molecule has 1 heterocycles. The summed E-state index contributed by atoms with van der Waals surface area (Å²) in [6.07, 6.45) is 1.19. The molecule has 0 radical (unpaired) electrons. The summed E-state index contributed by atoms with van der Waals surface area (Å²) in [5.41, 5.74) is 2.64. The van der Waals surface area contributed by atoms with Crippen LogP contribution < -0.4 is 15.4 Å². The molecule has 1 atom stereocenters. The maximum atomic E-state index is 5.28. The predicted octanol–water partition coefficient (Wildman–Crippen LogP) is 2.20. The van der Waals surface area contributed by atoms with Crippen molar-refractivity contribution in [1.82, 2.24) is 5.32 Å². The number of ether oxygens (including phenoxy) is 1. The molecule has 1 aromatic carbocycles. The standard InChI is InChI=1S/C13H20N2O/c1-3-14-9-10-6-7-15-13-5-4-11(16-2)8-12(10)13/h4-5,8,10,14-15H,3,6-7,9H2,1-2H3. The SMILES string of the molecule is CCNCC1CCNc2ccc(OC)cc21. The van der Waals surface area contributed by atoms with Gasteiger partial charge in [-0.05, 0) is 36.7 Å². The summed E-state index contributed by atoms with van der Waals surface area (Å²) in [5.74, 6) is 1.55. The third kappa shape index (κ3) is 2.30. The third-order valence-electron chi connectivity index (χ3n) is 3.15. The molecule has 0 saturated heterocycles. The second-order valence-electron chi connectivity index (χ2n) is 4.17. The zero-order chi connectivity index (χ0) is 11.4. The first kappa shape index (κ1) is 11.3. The Labute approximate surface area is 97.2 Å². The lowest BCUT2D eigenvalue weighted by Gasteiger charge is -2.27. The molecular weight excluding hydrogens is 200 g/mol. The van der Waals surface area contributed by atoms with E-state index in [0.29, 0.717) is 5.92 Å². The van der Waals surface area contributed by atoms with Crippen molar-refractivity contribution in [3.05, 3.63) is 23.8 Å². The number of methoxy groups -OCH3 is 1. The van der Waals surface area contributed by atoms with Crippen LogP contribution in [0.2, 0.25) is 0 Å². The molecule has 2 N–H and O–H groups in total. The van der Waals surface area contributed by atoms with Crippen molar-refractivity contribution >= 4 is 5.69 Å². The van der Waals surface area contributed by atoms with E-state index in [1.807, 2.05) is 6.07 Å². The molecule has 2 rings (SSSR count). The van der Waals surface area contributed by atoms with E-state index >= 15 is 0 Å². The zero-order valence-corrected chi connectivity index (χ0v) is 10.0. The monoisotopic (exact) mass is 220 g/mol. The van der Waals surface area contributed by atoms with Crippen molar-refractivity contribution in [2.75, 3.05) is 32.1 Å². The lowest BCUT2D eigenvalue weighted by molar-refractivity contribution is 0.413. The summed E-state index contributed by atoms with van der Waals surface area (Å²) >= 11 is 0. The predicted molar refractivity (Wildman–Crippen MR) is 67.4 cm³/mol. The molecule has 0 amide bonds. The Balaban J connectivity index is 2.21. The molecule has 0 aliphatic carbocycles. The Hall–Kier alpha value is -1.22. The molecule has 88 valence electrons. The molecule has 0 fully saturated rings. The lowest BCUT2D eigenvalue weighted by Crippen LogP contribution is -2.26. The molecule has 1 aliphatic rings. The lowest BCUT2D eigenvalue weighted by atomic mass is 9.90. The van der Waals surface area contributed by atoms with E-state index in [-0.39, 0.29) is 0 Å². The topological polar surface area (TPSA) is 33.3 Å². The molecule has 0 saturated carbocycles. The fourth-order valence-electron chi connectivity index (χ4n) is 2.23. The molecule has 16 heavy (non-hydrogen) atoms. The van der Waals surface area contributed by atoms with Gasteiger partial charge in [-0.1, -0.05) is 6.92 Å². The van der Waals surface area contributed by atoms with Gasteiger partial charge in [0.25, 0.3) is 0 Å². The van der Waals surface area contributed by atoms with Gasteiger partial charge in [0.05, 0.1) is 7.11 Å². The minimum atomic E-state index is 0.603. The zero-order valence-electron chi connectivity index (χ0n) is 10.0. The fraction of sp³-hybridized carbons (Fsp3) is 0.538. The average Bonchev–Trinajstić information content (AvgIpc) is 2.35. The van der Waals surface area contributed by atoms with Gasteiger partial charge in [0.2, 0.25) is 0 Å². The van der Waals surface area contributed by atoms with Crippen LogP contribution in [0.4, 0.5) is 5.69 Å². The highest BCUT2D eigenvalue weighted by Crippen LogP contribution is 2.33. The van der Waals surface area contributed by atoms with Gasteiger partial charge in [-0.2, -0.15) is 0 Å². The van der Waals surface area contributed by atoms with Crippen molar-refractivity contribution < 1.29 is 4.74 Å². The highest BCUT2D eigenvalue weighted by Gasteiger charge is 2.19. The van der Waals surface area contributed by atoms with E-state index < -0.39 is 0 Å². The summed E-state index contributed by atoms with van der Waals surface area (Å²) in [5, 5.41) is 6.86. The summed E-state index contributed by atoms with van der Waals surface area (Å²) in [4.78, 5) is 0. The highest BCUT2D eigenvalue weighted by atomic mass is 16.5. The molecule has 1 aliphatic heterocycles. The van der Waals surface area contributed by atoms with Crippen molar-refractivity contribution in [3.63, 3.8) is 0 Å². The van der Waals surface area contributed by atoms with Crippen LogP contribution in [0.25, 0.3) is 0 Å². The van der Waals surface area contributed by atoms with Crippen LogP contribution in [0.15, 0.2) is 18.2 Å². The summed E-state index contributed by atoms with van der Waals surface area (Å²) in [6, 6.07) is 6.29. The number of anilines is 1. The van der Waals surface area contributed by atoms with Gasteiger partial charge in [0.15, 0.2) is 0 Å². The summed E-state index contributed by atoms with van der Waals surface area (Å²) in [6.45, 7) is 5.30. The molecule has 0 aromatic heterocycles. The van der Waals surface area contributed by atoms with Gasteiger partial charge < -0.3 is 15.4 Å². The molecular formula is C13H20N2O. The second-order valence-corrected chi connectivity index (χ2v) is 4.17. The Morgan fingerprint density at radius 1 is 1.50 bits per heavy atom. The van der Waals surface area contributed by atoms with Crippen LogP contribution in [-0.4, -0.2) is 26.7 Å². The van der Waals surface area contributed by atoms with Gasteiger partial charge in [-0.3, -0.25) is 0 Å². The number of hydrogen-bond acceptors (Lipinski definition) is 3.